The van der Waals surface area contributed by atoms with Crippen molar-refractivity contribution in [2.45, 2.75) is 77.7 Å². The molecule has 0 radical (unpaired) electrons. The van der Waals surface area contributed by atoms with E-state index in [4.69, 9.17) is 24.1 Å². The average Bonchev–Trinajstić information content (AvgIpc) is 2.66. The van der Waals surface area contributed by atoms with E-state index in [1.54, 1.807) is 0 Å². The van der Waals surface area contributed by atoms with Crippen molar-refractivity contribution in [3.8, 4) is 0 Å². The van der Waals surface area contributed by atoms with Gasteiger partial charge < -0.3 is 24.1 Å². The molecule has 0 aliphatic heterocycles. The molecule has 0 atom stereocenters. The van der Waals surface area contributed by atoms with Gasteiger partial charge in [0.2, 0.25) is 0 Å². The van der Waals surface area contributed by atoms with Gasteiger partial charge in [0.25, 0.3) is 0 Å². The molecule has 0 saturated heterocycles. The van der Waals surface area contributed by atoms with Gasteiger partial charge in [0.05, 0.1) is 32.7 Å². The average molecular weight is 418 g/mol. The second-order valence-electron chi connectivity index (χ2n) is 6.67. The first-order valence-electron chi connectivity index (χ1n) is 10.2. The molecule has 9 nitrogen and oxygen atoms in total. The van der Waals surface area contributed by atoms with E-state index in [2.05, 4.69) is 0 Å². The highest BCUT2D eigenvalue weighted by Crippen LogP contribution is 2.25. The van der Waals surface area contributed by atoms with Crippen molar-refractivity contribution in [1.29, 1.82) is 0 Å². The van der Waals surface area contributed by atoms with Gasteiger partial charge in [-0.2, -0.15) is 0 Å². The van der Waals surface area contributed by atoms with Crippen LogP contribution < -0.4 is 0 Å². The summed E-state index contributed by atoms with van der Waals surface area (Å²) in [4.78, 5) is 48.2. The summed E-state index contributed by atoms with van der Waals surface area (Å²) in [6.45, 7) is 5.22. The van der Waals surface area contributed by atoms with Gasteiger partial charge in [-0.05, 0) is 19.3 Å². The monoisotopic (exact) mass is 418 g/mol. The molecule has 0 bridgehead atoms. The minimum absolute atomic E-state index is 0.0588. The molecule has 0 amide bonds. The molecule has 0 aromatic heterocycles. The molecule has 0 heterocycles. The smallest absolute Gasteiger partial charge is 0.339 e. The van der Waals surface area contributed by atoms with Gasteiger partial charge in [-0.3, -0.25) is 9.59 Å². The first-order chi connectivity index (χ1) is 13.8. The number of hydrogen-bond acceptors (Lipinski definition) is 8. The maximum absolute atomic E-state index is 12.7. The fourth-order valence-corrected chi connectivity index (χ4v) is 2.24. The Balaban J connectivity index is 5.46. The molecule has 0 unspecified atom stereocenters. The first-order valence-corrected chi connectivity index (χ1v) is 10.2. The lowest BCUT2D eigenvalue weighted by Gasteiger charge is -2.29. The number of carbonyl (C=O) groups is 4. The zero-order chi connectivity index (χ0) is 22.1. The Morgan fingerprint density at radius 3 is 1.52 bits per heavy atom. The van der Waals surface area contributed by atoms with E-state index in [0.717, 1.165) is 19.3 Å². The van der Waals surface area contributed by atoms with Crippen molar-refractivity contribution in [1.82, 2.24) is 0 Å². The first kappa shape index (κ1) is 26.8. The third-order valence-corrected chi connectivity index (χ3v) is 3.96. The molecule has 0 aromatic rings. The number of hydrogen-bond donors (Lipinski definition) is 1. The fourth-order valence-electron chi connectivity index (χ4n) is 2.24. The molecule has 0 rings (SSSR count). The second-order valence-corrected chi connectivity index (χ2v) is 6.67. The molecule has 1 N–H and O–H groups in total. The molecule has 9 heteroatoms. The molecule has 29 heavy (non-hydrogen) atoms. The number of rotatable bonds is 17. The Bertz CT molecular complexity index is 492. The summed E-state index contributed by atoms with van der Waals surface area (Å²) in [7, 11) is 0. The van der Waals surface area contributed by atoms with E-state index >= 15 is 0 Å². The largest absolute Gasteiger partial charge is 0.480 e. The van der Waals surface area contributed by atoms with Crippen molar-refractivity contribution in [2.75, 3.05) is 26.4 Å². The Morgan fingerprint density at radius 1 is 0.724 bits per heavy atom. The third kappa shape index (κ3) is 12.1. The SMILES string of the molecule is CCCCOC(=O)CC(CC(=O)OCCCC)(OCC(=O)O)C(=O)OCCCC. The number of esters is 3. The zero-order valence-electron chi connectivity index (χ0n) is 17.7. The maximum atomic E-state index is 12.7. The number of aliphatic carboxylic acids is 1. The molecule has 0 fully saturated rings. The van der Waals surface area contributed by atoms with Crippen molar-refractivity contribution >= 4 is 23.9 Å². The highest BCUT2D eigenvalue weighted by atomic mass is 16.6. The minimum atomic E-state index is -2.11. The van der Waals surface area contributed by atoms with Crippen LogP contribution in [0, 0.1) is 0 Å². The Hall–Kier alpha value is -2.16. The van der Waals surface area contributed by atoms with Crippen LogP contribution in [0.3, 0.4) is 0 Å². The predicted molar refractivity (Wildman–Crippen MR) is 103 cm³/mol. The molecule has 168 valence electrons. The van der Waals surface area contributed by atoms with Crippen molar-refractivity contribution in [3.05, 3.63) is 0 Å². The molecular formula is C20H34O9. The predicted octanol–water partition coefficient (Wildman–Crippen LogP) is 2.64. The number of carboxylic acids is 1. The van der Waals surface area contributed by atoms with E-state index in [1.807, 2.05) is 20.8 Å². The van der Waals surface area contributed by atoms with E-state index in [0.29, 0.717) is 19.3 Å². The quantitative estimate of drug-likeness (QED) is 0.215. The normalized spacial score (nSPS) is 11.0. The summed E-state index contributed by atoms with van der Waals surface area (Å²) >= 11 is 0. The van der Waals surface area contributed by atoms with Gasteiger partial charge in [0, 0.05) is 0 Å². The summed E-state index contributed by atoms with van der Waals surface area (Å²) in [6.07, 6.45) is 2.92. The van der Waals surface area contributed by atoms with Crippen molar-refractivity contribution in [2.24, 2.45) is 0 Å². The molecule has 0 aliphatic rings. The number of unbranched alkanes of at least 4 members (excludes halogenated alkanes) is 3. The molecule has 0 aliphatic carbocycles. The van der Waals surface area contributed by atoms with E-state index in [1.165, 1.54) is 0 Å². The van der Waals surface area contributed by atoms with Gasteiger partial charge in [-0.25, -0.2) is 9.59 Å². The van der Waals surface area contributed by atoms with E-state index in [9.17, 15) is 19.2 Å². The number of ether oxygens (including phenoxy) is 4. The fraction of sp³-hybridized carbons (Fsp3) is 0.800. The standard InChI is InChI=1S/C20H34O9/c1-4-7-10-26-17(23)13-20(29-15-16(21)22,19(25)28-12-9-6-3)14-18(24)27-11-8-5-2/h4-15H2,1-3H3,(H,21,22). The number of carboxylic acid groups (broad SMARTS) is 1. The minimum Gasteiger partial charge on any atom is -0.480 e. The Labute approximate surface area is 172 Å². The molecule has 0 saturated carbocycles. The lowest BCUT2D eigenvalue weighted by atomic mass is 9.95. The zero-order valence-corrected chi connectivity index (χ0v) is 17.7. The number of carbonyl (C=O) groups excluding carboxylic acids is 3. The van der Waals surface area contributed by atoms with Crippen LogP contribution in [-0.4, -0.2) is 61.0 Å². The molecule has 0 aromatic carbocycles. The topological polar surface area (TPSA) is 125 Å². The lowest BCUT2D eigenvalue weighted by molar-refractivity contribution is -0.189. The van der Waals surface area contributed by atoms with Crippen LogP contribution in [0.4, 0.5) is 0 Å². The highest BCUT2D eigenvalue weighted by Gasteiger charge is 2.47. The van der Waals surface area contributed by atoms with Crippen LogP contribution in [0.25, 0.3) is 0 Å². The Kier molecular flexibility index (Phi) is 14.6. The van der Waals surface area contributed by atoms with E-state index in [-0.39, 0.29) is 19.8 Å². The summed E-state index contributed by atoms with van der Waals surface area (Å²) in [6, 6.07) is 0. The van der Waals surface area contributed by atoms with Crippen LogP contribution in [0.15, 0.2) is 0 Å². The summed E-state index contributed by atoms with van der Waals surface area (Å²) in [5.41, 5.74) is -2.11. The maximum Gasteiger partial charge on any atom is 0.339 e. The second kappa shape index (κ2) is 15.7. The van der Waals surface area contributed by atoms with Gasteiger partial charge >= 0.3 is 23.9 Å². The summed E-state index contributed by atoms with van der Waals surface area (Å²) < 4.78 is 20.6. The molecular weight excluding hydrogens is 384 g/mol. The van der Waals surface area contributed by atoms with Gasteiger partial charge in [0.15, 0.2) is 5.60 Å². The van der Waals surface area contributed by atoms with Crippen LogP contribution in [0.2, 0.25) is 0 Å². The van der Waals surface area contributed by atoms with Gasteiger partial charge in [-0.15, -0.1) is 0 Å². The van der Waals surface area contributed by atoms with E-state index < -0.39 is 48.9 Å². The van der Waals surface area contributed by atoms with Gasteiger partial charge in [-0.1, -0.05) is 40.0 Å². The molecule has 0 spiro atoms. The van der Waals surface area contributed by atoms with Crippen LogP contribution in [0.1, 0.15) is 72.1 Å². The Morgan fingerprint density at radius 2 is 1.14 bits per heavy atom. The van der Waals surface area contributed by atoms with Crippen LogP contribution in [0.5, 0.6) is 0 Å². The van der Waals surface area contributed by atoms with Crippen LogP contribution >= 0.6 is 0 Å². The van der Waals surface area contributed by atoms with Gasteiger partial charge in [0.1, 0.15) is 6.61 Å². The summed E-state index contributed by atoms with van der Waals surface area (Å²) in [5.74, 6) is -3.89. The van der Waals surface area contributed by atoms with Crippen molar-refractivity contribution < 1.29 is 43.2 Å². The summed E-state index contributed by atoms with van der Waals surface area (Å²) in [5, 5.41) is 8.98. The van der Waals surface area contributed by atoms with Crippen LogP contribution in [-0.2, 0) is 38.1 Å². The van der Waals surface area contributed by atoms with Crippen molar-refractivity contribution in [3.63, 3.8) is 0 Å². The third-order valence-electron chi connectivity index (χ3n) is 3.96. The lowest BCUT2D eigenvalue weighted by Crippen LogP contribution is -2.48. The highest BCUT2D eigenvalue weighted by molar-refractivity contribution is 5.90.